The van der Waals surface area contributed by atoms with E-state index in [1.54, 1.807) is 0 Å². The zero-order valence-electron chi connectivity index (χ0n) is 35.5. The van der Waals surface area contributed by atoms with E-state index < -0.39 is 0 Å². The van der Waals surface area contributed by atoms with Crippen molar-refractivity contribution in [1.82, 2.24) is 0 Å². The summed E-state index contributed by atoms with van der Waals surface area (Å²) < 4.78 is 13.5. The third kappa shape index (κ3) is 5.36. The van der Waals surface area contributed by atoms with Crippen LogP contribution in [0.4, 0.5) is 28.4 Å². The molecule has 0 saturated heterocycles. The predicted octanol–water partition coefficient (Wildman–Crippen LogP) is 14.1. The van der Waals surface area contributed by atoms with E-state index in [9.17, 15) is 0 Å². The number of furan rings is 2. The molecule has 0 unspecified atom stereocenters. The summed E-state index contributed by atoms with van der Waals surface area (Å²) in [6.07, 6.45) is 0. The van der Waals surface area contributed by atoms with E-state index in [0.717, 1.165) is 66.5 Å². The number of hydrogen-bond donors (Lipinski definition) is 0. The van der Waals surface area contributed by atoms with Gasteiger partial charge in [-0.15, -0.1) is 0 Å². The Bertz CT molecular complexity index is 3170. The van der Waals surface area contributed by atoms with E-state index in [2.05, 4.69) is 205 Å². The lowest BCUT2D eigenvalue weighted by Crippen LogP contribution is -2.61. The molecule has 0 N–H and O–H groups in total. The maximum atomic E-state index is 6.88. The SMILES string of the molecule is CC(C)(C)c1ccc(N2B3c4cc(C(C)(C)C)ccc4N(c4ccc(C(C)(C)C)cc4)c4c3c(cc3oc5ccccc5c43)-c3cc4c(cc32)oc2ccccc24)cc1. The Morgan fingerprint density at radius 3 is 1.64 bits per heavy atom. The van der Waals surface area contributed by atoms with E-state index in [1.165, 1.54) is 44.6 Å². The predicted molar refractivity (Wildman–Crippen MR) is 251 cm³/mol. The topological polar surface area (TPSA) is 32.8 Å². The van der Waals surface area contributed by atoms with Gasteiger partial charge in [0.2, 0.25) is 0 Å². The molecule has 2 aliphatic heterocycles. The Balaban J connectivity index is 1.32. The van der Waals surface area contributed by atoms with Crippen molar-refractivity contribution in [2.24, 2.45) is 0 Å². The normalized spacial score (nSPS) is 14.1. The van der Waals surface area contributed by atoms with Gasteiger partial charge in [0.1, 0.15) is 22.3 Å². The molecular weight excluding hydrogens is 719 g/mol. The van der Waals surface area contributed by atoms with Gasteiger partial charge in [0.05, 0.1) is 11.1 Å². The molecule has 0 amide bonds. The summed E-state index contributed by atoms with van der Waals surface area (Å²) in [7, 11) is 0. The highest BCUT2D eigenvalue weighted by Crippen LogP contribution is 2.52. The molecule has 4 heterocycles. The van der Waals surface area contributed by atoms with E-state index in [1.807, 2.05) is 0 Å². The van der Waals surface area contributed by atoms with Crippen LogP contribution in [0.1, 0.15) is 79.0 Å². The van der Waals surface area contributed by atoms with Gasteiger partial charge in [-0.1, -0.05) is 135 Å². The fraction of sp³-hybridized carbons (Fsp3) is 0.222. The molecule has 2 aromatic heterocycles. The number of anilines is 5. The van der Waals surface area contributed by atoms with Crippen molar-refractivity contribution in [2.45, 2.75) is 78.6 Å². The van der Waals surface area contributed by atoms with Gasteiger partial charge in [-0.25, -0.2) is 0 Å². The summed E-state index contributed by atoms with van der Waals surface area (Å²) in [5.74, 6) is 0. The summed E-state index contributed by atoms with van der Waals surface area (Å²) >= 11 is 0. The molecule has 0 atom stereocenters. The second-order valence-electron chi connectivity index (χ2n) is 19.8. The van der Waals surface area contributed by atoms with Gasteiger partial charge in [-0.2, -0.15) is 0 Å². The molecule has 5 heteroatoms. The Hall–Kier alpha value is -6.20. The first kappa shape index (κ1) is 35.9. The zero-order chi connectivity index (χ0) is 40.7. The van der Waals surface area contributed by atoms with Gasteiger partial charge in [0.25, 0.3) is 0 Å². The lowest BCUT2D eigenvalue weighted by Gasteiger charge is -2.46. The minimum absolute atomic E-state index is 0.0224. The highest BCUT2D eigenvalue weighted by Gasteiger charge is 2.47. The second-order valence-corrected chi connectivity index (χ2v) is 19.8. The summed E-state index contributed by atoms with van der Waals surface area (Å²) in [6, 6.07) is 49.7. The average Bonchev–Trinajstić information content (AvgIpc) is 3.77. The molecule has 0 aliphatic carbocycles. The third-order valence-electron chi connectivity index (χ3n) is 12.9. The number of hydrogen-bond acceptors (Lipinski definition) is 4. The first-order valence-corrected chi connectivity index (χ1v) is 21.0. The van der Waals surface area contributed by atoms with Gasteiger partial charge >= 0.3 is 6.85 Å². The molecule has 7 aromatic carbocycles. The minimum Gasteiger partial charge on any atom is -0.456 e. The molecule has 0 radical (unpaired) electrons. The van der Waals surface area contributed by atoms with Crippen molar-refractivity contribution in [1.29, 1.82) is 0 Å². The summed E-state index contributed by atoms with van der Waals surface area (Å²) in [4.78, 5) is 5.13. The highest BCUT2D eigenvalue weighted by atomic mass is 16.3. The van der Waals surface area contributed by atoms with Crippen molar-refractivity contribution in [3.05, 3.63) is 150 Å². The van der Waals surface area contributed by atoms with Crippen molar-refractivity contribution < 1.29 is 8.83 Å². The van der Waals surface area contributed by atoms with Crippen LogP contribution in [0.2, 0.25) is 0 Å². The van der Waals surface area contributed by atoms with Crippen LogP contribution in [-0.2, 0) is 16.2 Å². The van der Waals surface area contributed by atoms with Crippen molar-refractivity contribution in [3.8, 4) is 11.1 Å². The van der Waals surface area contributed by atoms with E-state index >= 15 is 0 Å². The van der Waals surface area contributed by atoms with E-state index in [-0.39, 0.29) is 23.1 Å². The van der Waals surface area contributed by atoms with Crippen LogP contribution in [-0.4, -0.2) is 6.85 Å². The number of benzene rings is 7. The highest BCUT2D eigenvalue weighted by molar-refractivity contribution is 6.94. The maximum absolute atomic E-state index is 6.88. The molecule has 9 aromatic rings. The van der Waals surface area contributed by atoms with Gasteiger partial charge in [-0.3, -0.25) is 0 Å². The zero-order valence-corrected chi connectivity index (χ0v) is 35.5. The molecule has 2 aliphatic rings. The fourth-order valence-electron chi connectivity index (χ4n) is 9.70. The quantitative estimate of drug-likeness (QED) is 0.164. The molecular formula is C54H49BN2O2. The van der Waals surface area contributed by atoms with Gasteiger partial charge in [0, 0.05) is 50.5 Å². The monoisotopic (exact) mass is 768 g/mol. The number of fused-ring (bicyclic) bond motifs is 11. The first-order chi connectivity index (χ1) is 28.1. The van der Waals surface area contributed by atoms with Crippen LogP contribution in [0.5, 0.6) is 0 Å². The first-order valence-electron chi connectivity index (χ1n) is 21.0. The van der Waals surface area contributed by atoms with Crippen LogP contribution >= 0.6 is 0 Å². The van der Waals surface area contributed by atoms with E-state index in [0.29, 0.717) is 0 Å². The van der Waals surface area contributed by atoms with Crippen LogP contribution in [0, 0.1) is 0 Å². The average molecular weight is 769 g/mol. The lowest BCUT2D eigenvalue weighted by atomic mass is 9.43. The van der Waals surface area contributed by atoms with E-state index in [4.69, 9.17) is 8.83 Å². The Kier molecular flexibility index (Phi) is 7.41. The Morgan fingerprint density at radius 2 is 1.00 bits per heavy atom. The molecule has 11 rings (SSSR count). The van der Waals surface area contributed by atoms with Crippen molar-refractivity contribution in [2.75, 3.05) is 9.71 Å². The molecule has 290 valence electrons. The van der Waals surface area contributed by atoms with Gasteiger partial charge in [-0.05, 0) is 104 Å². The standard InChI is InChI=1S/C54H49BN2O2/c1-52(2,3)32-18-23-35(24-19-32)56-43-27-22-34(54(7,8)9)28-42(43)55-50-41(30-48-49(51(50)56)38-15-11-13-17-46(38)59-48)39-29-40-37-14-10-12-16-45(37)58-47(40)31-44(39)57(55)36-25-20-33(21-26-36)53(4,5)6/h10-31H,1-9H3. The number of nitrogens with zero attached hydrogens (tertiary/aromatic N) is 2. The van der Waals surface area contributed by atoms with Crippen LogP contribution in [0.15, 0.2) is 142 Å². The number of para-hydroxylation sites is 2. The Morgan fingerprint density at radius 1 is 0.441 bits per heavy atom. The van der Waals surface area contributed by atoms with Crippen LogP contribution in [0.25, 0.3) is 55.0 Å². The fourth-order valence-corrected chi connectivity index (χ4v) is 9.70. The molecule has 4 nitrogen and oxygen atoms in total. The molecule has 59 heavy (non-hydrogen) atoms. The maximum Gasteiger partial charge on any atom is 0.333 e. The van der Waals surface area contributed by atoms with Crippen molar-refractivity contribution in [3.63, 3.8) is 0 Å². The lowest BCUT2D eigenvalue weighted by molar-refractivity contribution is 0.590. The van der Waals surface area contributed by atoms with Gasteiger partial charge in [0.15, 0.2) is 0 Å². The van der Waals surface area contributed by atoms with Crippen LogP contribution < -0.4 is 20.6 Å². The van der Waals surface area contributed by atoms with Gasteiger partial charge < -0.3 is 18.5 Å². The van der Waals surface area contributed by atoms with Crippen LogP contribution in [0.3, 0.4) is 0 Å². The van der Waals surface area contributed by atoms with Crippen molar-refractivity contribution >= 4 is 90.1 Å². The second kappa shape index (κ2) is 12.2. The molecule has 0 fully saturated rings. The number of rotatable bonds is 2. The summed E-state index contributed by atoms with van der Waals surface area (Å²) in [6.45, 7) is 20.5. The molecule has 0 bridgehead atoms. The smallest absolute Gasteiger partial charge is 0.333 e. The summed E-state index contributed by atoms with van der Waals surface area (Å²) in [5, 5.41) is 4.48. The Labute approximate surface area is 347 Å². The molecule has 0 spiro atoms. The minimum atomic E-state index is -0.157. The molecule has 0 saturated carbocycles. The third-order valence-corrected chi connectivity index (χ3v) is 12.9. The largest absolute Gasteiger partial charge is 0.456 e. The summed E-state index contributed by atoms with van der Waals surface area (Å²) in [5.41, 5.74) is 18.1.